The zero-order chi connectivity index (χ0) is 10.8. The average Bonchev–Trinajstić information content (AvgIpc) is 2.33. The van der Waals surface area contributed by atoms with Crippen molar-refractivity contribution in [3.8, 4) is 0 Å². The first-order valence-corrected chi connectivity index (χ1v) is 4.28. The lowest BCUT2D eigenvalue weighted by Gasteiger charge is -2.06. The number of nitrogens with two attached hydrogens (primary N) is 1. The molecule has 0 atom stereocenters. The Bertz CT molecular complexity index is 353. The quantitative estimate of drug-likeness (QED) is 0.773. The maximum Gasteiger partial charge on any atom is 0.389 e. The number of aromatic nitrogens is 3. The summed E-state index contributed by atoms with van der Waals surface area (Å²) in [5.41, 5.74) is 5.36. The van der Waals surface area contributed by atoms with Gasteiger partial charge in [0.25, 0.3) is 0 Å². The number of rotatable bonds is 3. The fourth-order valence-corrected chi connectivity index (χ4v) is 1.21. The molecular weight excluding hydrogens is 217 g/mol. The Labute approximate surface area is 82.9 Å². The summed E-state index contributed by atoms with van der Waals surface area (Å²) in [7, 11) is 0. The summed E-state index contributed by atoms with van der Waals surface area (Å²) in [6.45, 7) is 0.126. The highest BCUT2D eigenvalue weighted by molar-refractivity contribution is 7.71. The van der Waals surface area contributed by atoms with Crippen molar-refractivity contribution in [2.24, 2.45) is 0 Å². The lowest BCUT2D eigenvalue weighted by Crippen LogP contribution is -2.10. The first-order chi connectivity index (χ1) is 6.40. The molecule has 0 aliphatic carbocycles. The molecule has 1 rings (SSSR count). The van der Waals surface area contributed by atoms with Crippen LogP contribution in [0, 0.1) is 4.77 Å². The third-order valence-electron chi connectivity index (χ3n) is 1.63. The Balaban J connectivity index is 2.51. The number of aromatic amines is 1. The monoisotopic (exact) mass is 226 g/mol. The third-order valence-corrected chi connectivity index (χ3v) is 1.94. The number of hydrogen-bond donors (Lipinski definition) is 2. The van der Waals surface area contributed by atoms with E-state index in [0.717, 1.165) is 0 Å². The van der Waals surface area contributed by atoms with E-state index in [2.05, 4.69) is 10.2 Å². The minimum Gasteiger partial charge on any atom is -0.368 e. The predicted molar refractivity (Wildman–Crippen MR) is 47.1 cm³/mol. The zero-order valence-corrected chi connectivity index (χ0v) is 7.95. The number of nitrogen functional groups attached to an aromatic ring is 1. The molecule has 0 aliphatic heterocycles. The largest absolute Gasteiger partial charge is 0.389 e. The van der Waals surface area contributed by atoms with E-state index in [-0.39, 0.29) is 23.7 Å². The minimum absolute atomic E-state index is 0.0540. The van der Waals surface area contributed by atoms with Gasteiger partial charge < -0.3 is 5.73 Å². The summed E-state index contributed by atoms with van der Waals surface area (Å²) in [4.78, 5) is 0. The molecule has 14 heavy (non-hydrogen) atoms. The maximum atomic E-state index is 11.8. The van der Waals surface area contributed by atoms with Crippen LogP contribution >= 0.6 is 12.2 Å². The van der Waals surface area contributed by atoms with Gasteiger partial charge in [-0.1, -0.05) is 0 Å². The second-order valence-corrected chi connectivity index (χ2v) is 3.14. The minimum atomic E-state index is -4.14. The van der Waals surface area contributed by atoms with Crippen LogP contribution in [0.2, 0.25) is 0 Å². The van der Waals surface area contributed by atoms with Gasteiger partial charge in [-0.2, -0.15) is 13.2 Å². The van der Waals surface area contributed by atoms with Crippen LogP contribution in [0.1, 0.15) is 12.8 Å². The molecular formula is C6H9F3N4S. The van der Waals surface area contributed by atoms with Crippen LogP contribution in [0.4, 0.5) is 19.1 Å². The van der Waals surface area contributed by atoms with Gasteiger partial charge in [-0.25, -0.2) is 5.10 Å². The van der Waals surface area contributed by atoms with Crippen LogP contribution < -0.4 is 5.73 Å². The molecule has 80 valence electrons. The molecule has 1 heterocycles. The van der Waals surface area contributed by atoms with Crippen LogP contribution in [-0.2, 0) is 6.54 Å². The smallest absolute Gasteiger partial charge is 0.368 e. The molecule has 0 saturated heterocycles. The van der Waals surface area contributed by atoms with Crippen molar-refractivity contribution in [1.82, 2.24) is 14.8 Å². The molecule has 4 nitrogen and oxygen atoms in total. The van der Waals surface area contributed by atoms with Crippen molar-refractivity contribution >= 4 is 18.2 Å². The van der Waals surface area contributed by atoms with E-state index < -0.39 is 12.6 Å². The molecule has 1 aromatic heterocycles. The molecule has 1 aromatic rings. The predicted octanol–water partition coefficient (Wildman–Crippen LogP) is 1.87. The van der Waals surface area contributed by atoms with E-state index in [0.29, 0.717) is 0 Å². The van der Waals surface area contributed by atoms with Crippen molar-refractivity contribution in [2.45, 2.75) is 25.6 Å². The second kappa shape index (κ2) is 3.99. The van der Waals surface area contributed by atoms with Crippen molar-refractivity contribution in [2.75, 3.05) is 5.73 Å². The molecule has 0 amide bonds. The molecule has 8 heteroatoms. The third kappa shape index (κ3) is 3.02. The molecule has 0 fully saturated rings. The van der Waals surface area contributed by atoms with Crippen LogP contribution in [0.25, 0.3) is 0 Å². The summed E-state index contributed by atoms with van der Waals surface area (Å²) >= 11 is 4.76. The maximum absolute atomic E-state index is 11.8. The van der Waals surface area contributed by atoms with Crippen molar-refractivity contribution in [1.29, 1.82) is 0 Å². The van der Waals surface area contributed by atoms with Gasteiger partial charge in [0.05, 0.1) is 0 Å². The number of alkyl halides is 3. The Morgan fingerprint density at radius 3 is 2.57 bits per heavy atom. The lowest BCUT2D eigenvalue weighted by atomic mass is 10.3. The Hall–Kier alpha value is -1.05. The van der Waals surface area contributed by atoms with E-state index in [1.165, 1.54) is 4.57 Å². The number of halogens is 3. The van der Waals surface area contributed by atoms with Crippen LogP contribution in [0.15, 0.2) is 0 Å². The van der Waals surface area contributed by atoms with Crippen LogP contribution in [0.5, 0.6) is 0 Å². The van der Waals surface area contributed by atoms with Gasteiger partial charge in [0.1, 0.15) is 0 Å². The van der Waals surface area contributed by atoms with Crippen molar-refractivity contribution < 1.29 is 13.2 Å². The van der Waals surface area contributed by atoms with Gasteiger partial charge in [0.15, 0.2) is 4.77 Å². The molecule has 0 unspecified atom stereocenters. The van der Waals surface area contributed by atoms with Gasteiger partial charge in [-0.3, -0.25) is 4.57 Å². The average molecular weight is 226 g/mol. The zero-order valence-electron chi connectivity index (χ0n) is 7.14. The SMILES string of the molecule is Nc1n[nH]c(=S)n1CCCC(F)(F)F. The molecule has 3 N–H and O–H groups in total. The standard InChI is InChI=1S/C6H9F3N4S/c7-6(8,9)2-1-3-13-4(10)11-12-5(13)14/h1-3H2,(H2,10,11)(H,12,14). The summed E-state index contributed by atoms with van der Waals surface area (Å²) in [5, 5.41) is 5.97. The van der Waals surface area contributed by atoms with Gasteiger partial charge in [0.2, 0.25) is 5.95 Å². The molecule has 0 spiro atoms. The summed E-state index contributed by atoms with van der Waals surface area (Å²) in [5.74, 6) is 0.108. The summed E-state index contributed by atoms with van der Waals surface area (Å²) in [6.07, 6.45) is -5.04. The van der Waals surface area contributed by atoms with E-state index in [4.69, 9.17) is 18.0 Å². The van der Waals surface area contributed by atoms with Gasteiger partial charge in [-0.05, 0) is 18.6 Å². The summed E-state index contributed by atoms with van der Waals surface area (Å²) < 4.78 is 37.0. The van der Waals surface area contributed by atoms with Crippen molar-refractivity contribution in [3.05, 3.63) is 4.77 Å². The highest BCUT2D eigenvalue weighted by Crippen LogP contribution is 2.21. The van der Waals surface area contributed by atoms with Crippen LogP contribution in [-0.4, -0.2) is 20.9 Å². The first kappa shape index (κ1) is 11.0. The van der Waals surface area contributed by atoms with Gasteiger partial charge in [-0.15, -0.1) is 5.10 Å². The summed E-state index contributed by atoms with van der Waals surface area (Å²) in [6, 6.07) is 0. The number of hydrogen-bond acceptors (Lipinski definition) is 3. The molecule has 0 radical (unpaired) electrons. The van der Waals surface area contributed by atoms with Gasteiger partial charge in [0, 0.05) is 13.0 Å². The molecule has 0 bridgehead atoms. The first-order valence-electron chi connectivity index (χ1n) is 3.87. The van der Waals surface area contributed by atoms with E-state index in [1.54, 1.807) is 0 Å². The number of nitrogens with one attached hydrogen (secondary N) is 1. The van der Waals surface area contributed by atoms with E-state index in [9.17, 15) is 13.2 Å². The molecule has 0 aromatic carbocycles. The second-order valence-electron chi connectivity index (χ2n) is 2.76. The highest BCUT2D eigenvalue weighted by Gasteiger charge is 2.26. The van der Waals surface area contributed by atoms with E-state index in [1.807, 2.05) is 0 Å². The number of nitrogens with zero attached hydrogens (tertiary/aromatic N) is 2. The Morgan fingerprint density at radius 1 is 1.50 bits per heavy atom. The van der Waals surface area contributed by atoms with E-state index >= 15 is 0 Å². The lowest BCUT2D eigenvalue weighted by molar-refractivity contribution is -0.135. The normalized spacial score (nSPS) is 11.9. The molecule has 0 saturated carbocycles. The van der Waals surface area contributed by atoms with Crippen LogP contribution in [0.3, 0.4) is 0 Å². The fraction of sp³-hybridized carbons (Fsp3) is 0.667. The molecule has 0 aliphatic rings. The number of anilines is 1. The fourth-order valence-electron chi connectivity index (χ4n) is 0.984. The van der Waals surface area contributed by atoms with Crippen molar-refractivity contribution in [3.63, 3.8) is 0 Å². The van der Waals surface area contributed by atoms with Gasteiger partial charge >= 0.3 is 6.18 Å². The Morgan fingerprint density at radius 2 is 2.14 bits per heavy atom. The Kier molecular flexibility index (Phi) is 3.14. The topological polar surface area (TPSA) is 59.6 Å². The highest BCUT2D eigenvalue weighted by atomic mass is 32.1. The number of H-pyrrole nitrogens is 1.